The van der Waals surface area contributed by atoms with E-state index in [1.165, 1.54) is 16.8 Å². The molecule has 3 rings (SSSR count). The predicted molar refractivity (Wildman–Crippen MR) is 87.8 cm³/mol. The van der Waals surface area contributed by atoms with Gasteiger partial charge in [0.25, 0.3) is 0 Å². The Kier molecular flexibility index (Phi) is 4.32. The molecule has 0 amide bonds. The third-order valence-electron chi connectivity index (χ3n) is 3.91. The maximum atomic E-state index is 6.01. The number of nitrogens with zero attached hydrogens (tertiary/aromatic N) is 2. The van der Waals surface area contributed by atoms with Gasteiger partial charge in [0.1, 0.15) is 0 Å². The zero-order valence-electron chi connectivity index (χ0n) is 12.7. The van der Waals surface area contributed by atoms with Crippen LogP contribution in [0.25, 0.3) is 11.3 Å². The van der Waals surface area contributed by atoms with Gasteiger partial charge >= 0.3 is 0 Å². The molecule has 0 saturated heterocycles. The van der Waals surface area contributed by atoms with Crippen molar-refractivity contribution in [1.29, 1.82) is 0 Å². The highest BCUT2D eigenvalue weighted by atomic mass is 35.5. The summed E-state index contributed by atoms with van der Waals surface area (Å²) >= 11 is 6.01. The normalized spacial score (nSPS) is 15.0. The molecule has 3 nitrogen and oxygen atoms in total. The average molecular weight is 304 g/mol. The van der Waals surface area contributed by atoms with Gasteiger partial charge < -0.3 is 5.32 Å². The summed E-state index contributed by atoms with van der Waals surface area (Å²) in [6, 6.07) is 8.03. The lowest BCUT2D eigenvalue weighted by molar-refractivity contribution is 0.468. The minimum Gasteiger partial charge on any atom is -0.316 e. The lowest BCUT2D eigenvalue weighted by Gasteiger charge is -2.09. The van der Waals surface area contributed by atoms with E-state index < -0.39 is 0 Å². The third-order valence-corrected chi connectivity index (χ3v) is 4.16. The molecule has 0 bridgehead atoms. The molecule has 0 radical (unpaired) electrons. The summed E-state index contributed by atoms with van der Waals surface area (Å²) in [6.45, 7) is 7.53. The molecule has 1 aliphatic heterocycles. The number of hydrogen-bond acceptors (Lipinski definition) is 2. The van der Waals surface area contributed by atoms with Crippen molar-refractivity contribution in [3.63, 3.8) is 0 Å². The summed E-state index contributed by atoms with van der Waals surface area (Å²) in [5, 5.41) is 9.18. The van der Waals surface area contributed by atoms with Gasteiger partial charge in [-0.05, 0) is 31.0 Å². The van der Waals surface area contributed by atoms with E-state index in [1.54, 1.807) is 0 Å². The highest BCUT2D eigenvalue weighted by molar-refractivity contribution is 6.30. The first kappa shape index (κ1) is 14.6. The van der Waals surface area contributed by atoms with Crippen LogP contribution in [0.1, 0.15) is 25.1 Å². The fourth-order valence-electron chi connectivity index (χ4n) is 2.96. The first-order valence-electron chi connectivity index (χ1n) is 7.70. The van der Waals surface area contributed by atoms with Crippen molar-refractivity contribution in [2.24, 2.45) is 5.92 Å². The molecule has 0 unspecified atom stereocenters. The SMILES string of the molecule is CC(C)Cn1nc(-c2ccc(Cl)cc2)c2c1CCNCC2. The van der Waals surface area contributed by atoms with Crippen molar-refractivity contribution in [3.8, 4) is 11.3 Å². The van der Waals surface area contributed by atoms with Crippen molar-refractivity contribution >= 4 is 11.6 Å². The molecular formula is C17H22ClN3. The molecule has 112 valence electrons. The van der Waals surface area contributed by atoms with Crippen LogP contribution >= 0.6 is 11.6 Å². The van der Waals surface area contributed by atoms with Crippen LogP contribution < -0.4 is 5.32 Å². The summed E-state index contributed by atoms with van der Waals surface area (Å²) in [4.78, 5) is 0. The van der Waals surface area contributed by atoms with Gasteiger partial charge in [0.05, 0.1) is 5.69 Å². The summed E-state index contributed by atoms with van der Waals surface area (Å²) < 4.78 is 2.22. The Bertz CT molecular complexity index is 614. The van der Waals surface area contributed by atoms with E-state index in [2.05, 4.69) is 36.0 Å². The Morgan fingerprint density at radius 1 is 1.19 bits per heavy atom. The Hall–Kier alpha value is -1.32. The Labute approximate surface area is 131 Å². The second-order valence-corrected chi connectivity index (χ2v) is 6.54. The predicted octanol–water partition coefficient (Wildman–Crippen LogP) is 3.55. The molecule has 1 aliphatic rings. The summed E-state index contributed by atoms with van der Waals surface area (Å²) in [5.74, 6) is 0.600. The molecule has 2 aromatic rings. The molecule has 1 N–H and O–H groups in total. The smallest absolute Gasteiger partial charge is 0.0958 e. The molecule has 1 aromatic carbocycles. The second-order valence-electron chi connectivity index (χ2n) is 6.11. The topological polar surface area (TPSA) is 29.9 Å². The monoisotopic (exact) mass is 303 g/mol. The van der Waals surface area contributed by atoms with Gasteiger partial charge in [-0.15, -0.1) is 0 Å². The van der Waals surface area contributed by atoms with E-state index in [0.717, 1.165) is 43.2 Å². The maximum Gasteiger partial charge on any atom is 0.0958 e. The largest absolute Gasteiger partial charge is 0.316 e. The first-order valence-corrected chi connectivity index (χ1v) is 8.08. The molecule has 0 saturated carbocycles. The summed E-state index contributed by atoms with van der Waals surface area (Å²) in [6.07, 6.45) is 2.11. The minimum atomic E-state index is 0.600. The molecule has 4 heteroatoms. The number of nitrogens with one attached hydrogen (secondary N) is 1. The average Bonchev–Trinajstić information content (AvgIpc) is 2.63. The van der Waals surface area contributed by atoms with E-state index >= 15 is 0 Å². The van der Waals surface area contributed by atoms with E-state index in [0.29, 0.717) is 5.92 Å². The zero-order chi connectivity index (χ0) is 14.8. The van der Waals surface area contributed by atoms with Gasteiger partial charge in [-0.2, -0.15) is 5.10 Å². The number of halogens is 1. The Morgan fingerprint density at radius 2 is 1.90 bits per heavy atom. The highest BCUT2D eigenvalue weighted by Crippen LogP contribution is 2.28. The number of benzene rings is 1. The fourth-order valence-corrected chi connectivity index (χ4v) is 3.08. The van der Waals surface area contributed by atoms with Crippen molar-refractivity contribution in [2.75, 3.05) is 13.1 Å². The Balaban J connectivity index is 2.07. The number of aromatic nitrogens is 2. The standard InChI is InChI=1S/C17H22ClN3/c1-12(2)11-21-16-8-10-19-9-7-15(16)17(20-21)13-3-5-14(18)6-4-13/h3-6,12,19H,7-11H2,1-2H3. The van der Waals surface area contributed by atoms with Crippen LogP contribution in [0, 0.1) is 5.92 Å². The van der Waals surface area contributed by atoms with E-state index in [-0.39, 0.29) is 0 Å². The van der Waals surface area contributed by atoms with Crippen molar-refractivity contribution in [3.05, 3.63) is 40.5 Å². The minimum absolute atomic E-state index is 0.600. The number of hydrogen-bond donors (Lipinski definition) is 1. The van der Waals surface area contributed by atoms with Crippen LogP contribution in [0.2, 0.25) is 5.02 Å². The van der Waals surface area contributed by atoms with Gasteiger partial charge in [0.15, 0.2) is 0 Å². The van der Waals surface area contributed by atoms with Gasteiger partial charge in [-0.1, -0.05) is 37.6 Å². The quantitative estimate of drug-likeness (QED) is 0.940. The maximum absolute atomic E-state index is 6.01. The van der Waals surface area contributed by atoms with Crippen LogP contribution in [-0.4, -0.2) is 22.9 Å². The van der Waals surface area contributed by atoms with Crippen molar-refractivity contribution in [2.45, 2.75) is 33.2 Å². The van der Waals surface area contributed by atoms with Gasteiger partial charge in [0, 0.05) is 41.4 Å². The van der Waals surface area contributed by atoms with Crippen molar-refractivity contribution < 1.29 is 0 Å². The summed E-state index contributed by atoms with van der Waals surface area (Å²) in [5.41, 5.74) is 5.10. The van der Waals surface area contributed by atoms with Gasteiger partial charge in [-0.25, -0.2) is 0 Å². The second kappa shape index (κ2) is 6.20. The van der Waals surface area contributed by atoms with E-state index in [9.17, 15) is 0 Å². The fraction of sp³-hybridized carbons (Fsp3) is 0.471. The van der Waals surface area contributed by atoms with Gasteiger partial charge in [-0.3, -0.25) is 4.68 Å². The third kappa shape index (κ3) is 3.14. The zero-order valence-corrected chi connectivity index (χ0v) is 13.5. The number of fused-ring (bicyclic) bond motifs is 1. The molecule has 0 atom stereocenters. The van der Waals surface area contributed by atoms with Crippen molar-refractivity contribution in [1.82, 2.24) is 15.1 Å². The van der Waals surface area contributed by atoms with Crippen LogP contribution in [0.5, 0.6) is 0 Å². The molecule has 2 heterocycles. The lowest BCUT2D eigenvalue weighted by Crippen LogP contribution is -2.18. The van der Waals surface area contributed by atoms with E-state index in [1.807, 2.05) is 12.1 Å². The Morgan fingerprint density at radius 3 is 2.62 bits per heavy atom. The number of rotatable bonds is 3. The van der Waals surface area contributed by atoms with Crippen LogP contribution in [0.4, 0.5) is 0 Å². The molecule has 0 fully saturated rings. The van der Waals surface area contributed by atoms with Crippen LogP contribution in [-0.2, 0) is 19.4 Å². The molecule has 0 aliphatic carbocycles. The molecular weight excluding hydrogens is 282 g/mol. The van der Waals surface area contributed by atoms with Crippen LogP contribution in [0.3, 0.4) is 0 Å². The first-order chi connectivity index (χ1) is 10.1. The highest BCUT2D eigenvalue weighted by Gasteiger charge is 2.20. The van der Waals surface area contributed by atoms with E-state index in [4.69, 9.17) is 16.7 Å². The molecule has 1 aromatic heterocycles. The van der Waals surface area contributed by atoms with Crippen LogP contribution in [0.15, 0.2) is 24.3 Å². The van der Waals surface area contributed by atoms with Gasteiger partial charge in [0.2, 0.25) is 0 Å². The summed E-state index contributed by atoms with van der Waals surface area (Å²) in [7, 11) is 0. The molecule has 0 spiro atoms. The lowest BCUT2D eigenvalue weighted by atomic mass is 10.0. The molecule has 21 heavy (non-hydrogen) atoms.